The summed E-state index contributed by atoms with van der Waals surface area (Å²) in [4.78, 5) is 19.4. The first-order chi connectivity index (χ1) is 12.6. The maximum atomic E-state index is 10.8. The van der Waals surface area contributed by atoms with Gasteiger partial charge in [0.1, 0.15) is 18.2 Å². The number of anilines is 1. The van der Waals surface area contributed by atoms with Gasteiger partial charge in [-0.3, -0.25) is 5.32 Å². The minimum absolute atomic E-state index is 0.255. The van der Waals surface area contributed by atoms with Crippen molar-refractivity contribution in [2.45, 2.75) is 46.6 Å². The van der Waals surface area contributed by atoms with E-state index in [1.54, 1.807) is 18.3 Å². The zero-order valence-corrected chi connectivity index (χ0v) is 16.5. The van der Waals surface area contributed by atoms with Gasteiger partial charge in [0, 0.05) is 17.3 Å². The van der Waals surface area contributed by atoms with E-state index in [-0.39, 0.29) is 5.82 Å². The van der Waals surface area contributed by atoms with E-state index in [2.05, 4.69) is 29.1 Å². The Morgan fingerprint density at radius 3 is 2.67 bits per heavy atom. The van der Waals surface area contributed by atoms with Crippen molar-refractivity contribution in [2.75, 3.05) is 11.9 Å². The molecule has 27 heavy (non-hydrogen) atoms. The number of pyridine rings is 2. The highest BCUT2D eigenvalue weighted by Gasteiger charge is 2.22. The van der Waals surface area contributed by atoms with Crippen LogP contribution < -0.4 is 15.8 Å². The topological polar surface area (TPSA) is 110 Å². The van der Waals surface area contributed by atoms with E-state index in [9.17, 15) is 4.79 Å². The minimum atomic E-state index is -1.16. The van der Waals surface area contributed by atoms with Crippen LogP contribution in [0.4, 0.5) is 10.6 Å². The van der Waals surface area contributed by atoms with E-state index >= 15 is 0 Å². The van der Waals surface area contributed by atoms with Crippen LogP contribution in [0.2, 0.25) is 0 Å². The number of carboxylic acid groups (broad SMARTS) is 1. The van der Waals surface area contributed by atoms with E-state index in [0.29, 0.717) is 12.5 Å². The molecular formula is C20H28N4O3. The maximum absolute atomic E-state index is 10.8. The van der Waals surface area contributed by atoms with Crippen molar-refractivity contribution in [1.29, 1.82) is 0 Å². The quantitative estimate of drug-likeness (QED) is 0.678. The van der Waals surface area contributed by atoms with Crippen LogP contribution in [0.1, 0.15) is 38.4 Å². The first kappa shape index (κ1) is 20.6. The van der Waals surface area contributed by atoms with Gasteiger partial charge >= 0.3 is 6.09 Å². The summed E-state index contributed by atoms with van der Waals surface area (Å²) in [5.74, 6) is 1.48. The average molecular weight is 372 g/mol. The SMILES string of the molecule is Cc1cc(-c2ccnc(NC(=O)O)c2)nc(C)c1OCC(C)(N)CC(C)C. The molecule has 0 aliphatic rings. The van der Waals surface area contributed by atoms with E-state index in [0.717, 1.165) is 34.7 Å². The molecule has 7 heteroatoms. The fourth-order valence-electron chi connectivity index (χ4n) is 3.18. The molecule has 0 bridgehead atoms. The summed E-state index contributed by atoms with van der Waals surface area (Å²) in [7, 11) is 0. The summed E-state index contributed by atoms with van der Waals surface area (Å²) in [6.07, 6.45) is 1.26. The minimum Gasteiger partial charge on any atom is -0.490 e. The summed E-state index contributed by atoms with van der Waals surface area (Å²) in [6.45, 7) is 10.5. The van der Waals surface area contributed by atoms with Crippen molar-refractivity contribution in [1.82, 2.24) is 9.97 Å². The van der Waals surface area contributed by atoms with Gasteiger partial charge in [-0.15, -0.1) is 0 Å². The van der Waals surface area contributed by atoms with Gasteiger partial charge < -0.3 is 15.6 Å². The zero-order chi connectivity index (χ0) is 20.2. The number of ether oxygens (including phenoxy) is 1. The molecule has 2 aromatic rings. The monoisotopic (exact) mass is 372 g/mol. The summed E-state index contributed by atoms with van der Waals surface area (Å²) >= 11 is 0. The second-order valence-electron chi connectivity index (χ2n) is 7.64. The lowest BCUT2D eigenvalue weighted by Gasteiger charge is -2.27. The normalized spacial score (nSPS) is 13.3. The third kappa shape index (κ3) is 5.92. The van der Waals surface area contributed by atoms with E-state index < -0.39 is 11.6 Å². The molecule has 2 rings (SSSR count). The van der Waals surface area contributed by atoms with Crippen LogP contribution in [0.15, 0.2) is 24.4 Å². The first-order valence-electron chi connectivity index (χ1n) is 8.93. The highest BCUT2D eigenvalue weighted by Crippen LogP contribution is 2.29. The lowest BCUT2D eigenvalue weighted by atomic mass is 9.93. The predicted molar refractivity (Wildman–Crippen MR) is 106 cm³/mol. The van der Waals surface area contributed by atoms with Gasteiger partial charge in [-0.2, -0.15) is 0 Å². The van der Waals surface area contributed by atoms with Crippen molar-refractivity contribution in [3.8, 4) is 17.0 Å². The van der Waals surface area contributed by atoms with Crippen molar-refractivity contribution in [2.24, 2.45) is 11.7 Å². The number of rotatable bonds is 7. The fourth-order valence-corrected chi connectivity index (χ4v) is 3.18. The highest BCUT2D eigenvalue weighted by molar-refractivity contribution is 5.82. The Balaban J connectivity index is 2.23. The van der Waals surface area contributed by atoms with Crippen molar-refractivity contribution in [3.05, 3.63) is 35.7 Å². The molecule has 0 fully saturated rings. The molecule has 146 valence electrons. The standard InChI is InChI=1S/C20H28N4O3/c1-12(2)10-20(5,21)11-27-18-13(3)8-16(23-14(18)4)15-6-7-22-17(9-15)24-19(25)26/h6-9,12H,10-11,21H2,1-5H3,(H,22,24)(H,25,26). The van der Waals surface area contributed by atoms with Crippen LogP contribution in [0, 0.1) is 19.8 Å². The van der Waals surface area contributed by atoms with E-state index in [1.165, 1.54) is 0 Å². The van der Waals surface area contributed by atoms with Gasteiger partial charge in [-0.1, -0.05) is 13.8 Å². The second-order valence-corrected chi connectivity index (χ2v) is 7.64. The third-order valence-corrected chi connectivity index (χ3v) is 4.04. The molecule has 1 atom stereocenters. The van der Waals surface area contributed by atoms with Gasteiger partial charge in [0.05, 0.1) is 11.4 Å². The fraction of sp³-hybridized carbons (Fsp3) is 0.450. The van der Waals surface area contributed by atoms with Crippen molar-refractivity contribution >= 4 is 11.9 Å². The number of nitrogens with two attached hydrogens (primary N) is 1. The van der Waals surface area contributed by atoms with Gasteiger partial charge in [0.25, 0.3) is 0 Å². The van der Waals surface area contributed by atoms with Crippen LogP contribution in [0.25, 0.3) is 11.3 Å². The Bertz CT molecular complexity index is 796. The number of carbonyl (C=O) groups is 1. The van der Waals surface area contributed by atoms with Crippen LogP contribution in [0.5, 0.6) is 5.75 Å². The van der Waals surface area contributed by atoms with Gasteiger partial charge in [0.2, 0.25) is 0 Å². The van der Waals surface area contributed by atoms with Crippen molar-refractivity contribution < 1.29 is 14.6 Å². The van der Waals surface area contributed by atoms with Gasteiger partial charge in [-0.25, -0.2) is 14.8 Å². The molecular weight excluding hydrogens is 344 g/mol. The molecule has 1 amide bonds. The molecule has 0 aliphatic heterocycles. The van der Waals surface area contributed by atoms with Crippen molar-refractivity contribution in [3.63, 3.8) is 0 Å². The van der Waals surface area contributed by atoms with Crippen LogP contribution >= 0.6 is 0 Å². The largest absolute Gasteiger partial charge is 0.490 e. The number of aromatic nitrogens is 2. The third-order valence-electron chi connectivity index (χ3n) is 4.04. The number of amides is 1. The second kappa shape index (κ2) is 8.35. The van der Waals surface area contributed by atoms with Gasteiger partial charge in [0.15, 0.2) is 0 Å². The highest BCUT2D eigenvalue weighted by atomic mass is 16.5. The molecule has 0 radical (unpaired) electrons. The first-order valence-corrected chi connectivity index (χ1v) is 8.93. The molecule has 0 saturated carbocycles. The molecule has 0 spiro atoms. The lowest BCUT2D eigenvalue weighted by molar-refractivity contribution is 0.204. The molecule has 0 saturated heterocycles. The molecule has 7 nitrogen and oxygen atoms in total. The molecule has 2 aromatic heterocycles. The number of hydrogen-bond acceptors (Lipinski definition) is 5. The number of aryl methyl sites for hydroxylation is 2. The van der Waals surface area contributed by atoms with Crippen LogP contribution in [-0.2, 0) is 0 Å². The molecule has 0 aromatic carbocycles. The average Bonchev–Trinajstić information content (AvgIpc) is 2.52. The van der Waals surface area contributed by atoms with Crippen LogP contribution in [0.3, 0.4) is 0 Å². The molecule has 0 aliphatic carbocycles. The Labute approximate surface area is 160 Å². The number of nitrogens with one attached hydrogen (secondary N) is 1. The Kier molecular flexibility index (Phi) is 6.38. The Morgan fingerprint density at radius 1 is 1.37 bits per heavy atom. The molecule has 4 N–H and O–H groups in total. The number of nitrogens with zero attached hydrogens (tertiary/aromatic N) is 2. The molecule has 1 unspecified atom stereocenters. The number of hydrogen-bond donors (Lipinski definition) is 3. The van der Waals surface area contributed by atoms with Gasteiger partial charge in [-0.05, 0) is 56.9 Å². The zero-order valence-electron chi connectivity index (χ0n) is 16.5. The Hall–Kier alpha value is -2.67. The summed E-state index contributed by atoms with van der Waals surface area (Å²) in [6, 6.07) is 5.35. The smallest absolute Gasteiger partial charge is 0.410 e. The van der Waals surface area contributed by atoms with Crippen LogP contribution in [-0.4, -0.2) is 33.3 Å². The summed E-state index contributed by atoms with van der Waals surface area (Å²) in [5, 5.41) is 11.1. The maximum Gasteiger partial charge on any atom is 0.410 e. The predicted octanol–water partition coefficient (Wildman–Crippen LogP) is 3.99. The summed E-state index contributed by atoms with van der Waals surface area (Å²) in [5.41, 5.74) is 9.13. The van der Waals surface area contributed by atoms with E-state index in [1.807, 2.05) is 26.8 Å². The summed E-state index contributed by atoms with van der Waals surface area (Å²) < 4.78 is 6.01. The Morgan fingerprint density at radius 2 is 2.07 bits per heavy atom. The van der Waals surface area contributed by atoms with E-state index in [4.69, 9.17) is 15.6 Å². The lowest BCUT2D eigenvalue weighted by Crippen LogP contribution is -2.43. The molecule has 2 heterocycles.